The second-order valence-electron chi connectivity index (χ2n) is 6.73. The molecule has 0 radical (unpaired) electrons. The van der Waals surface area contributed by atoms with Crippen molar-refractivity contribution in [3.05, 3.63) is 66.2 Å². The van der Waals surface area contributed by atoms with Gasteiger partial charge in [0.15, 0.2) is 11.5 Å². The fourth-order valence-corrected chi connectivity index (χ4v) is 4.06. The van der Waals surface area contributed by atoms with E-state index in [0.717, 1.165) is 0 Å². The van der Waals surface area contributed by atoms with Crippen LogP contribution in [-0.4, -0.2) is 42.8 Å². The topological polar surface area (TPSA) is 112 Å². The minimum atomic E-state index is -3.81. The summed E-state index contributed by atoms with van der Waals surface area (Å²) in [6, 6.07) is 15.3. The molecular formula is C23H24N2O7S. The van der Waals surface area contributed by atoms with E-state index in [1.165, 1.54) is 64.8 Å². The van der Waals surface area contributed by atoms with Gasteiger partial charge in [-0.3, -0.25) is 9.52 Å². The maximum atomic E-state index is 12.7. The van der Waals surface area contributed by atoms with Gasteiger partial charge < -0.3 is 24.3 Å². The molecule has 9 nitrogen and oxygen atoms in total. The second-order valence-corrected chi connectivity index (χ2v) is 8.41. The van der Waals surface area contributed by atoms with Crippen LogP contribution < -0.4 is 29.0 Å². The highest BCUT2D eigenvalue weighted by molar-refractivity contribution is 7.92. The molecule has 0 aliphatic carbocycles. The number of ether oxygens (including phenoxy) is 4. The number of benzene rings is 3. The van der Waals surface area contributed by atoms with Gasteiger partial charge in [-0.05, 0) is 60.7 Å². The Bertz CT molecular complexity index is 1200. The number of nitrogens with one attached hydrogen (secondary N) is 2. The van der Waals surface area contributed by atoms with E-state index in [0.29, 0.717) is 34.4 Å². The van der Waals surface area contributed by atoms with E-state index in [9.17, 15) is 13.2 Å². The molecule has 0 aliphatic rings. The molecule has 0 heterocycles. The van der Waals surface area contributed by atoms with Crippen LogP contribution in [-0.2, 0) is 10.0 Å². The summed E-state index contributed by atoms with van der Waals surface area (Å²) in [6.07, 6.45) is 0. The lowest BCUT2D eigenvalue weighted by atomic mass is 10.1. The largest absolute Gasteiger partial charge is 0.497 e. The SMILES string of the molecule is COc1ccc(NS(=O)(=O)c2ccc(NC(=O)c3cc(OC)c(OC)c(OC)c3)cc2)cc1. The van der Waals surface area contributed by atoms with Gasteiger partial charge in [-0.2, -0.15) is 0 Å². The summed E-state index contributed by atoms with van der Waals surface area (Å²) in [5.74, 6) is 1.24. The van der Waals surface area contributed by atoms with Crippen LogP contribution in [0.4, 0.5) is 11.4 Å². The van der Waals surface area contributed by atoms with Gasteiger partial charge in [0.25, 0.3) is 15.9 Å². The molecule has 2 N–H and O–H groups in total. The molecule has 3 aromatic rings. The number of carbonyl (C=O) groups excluding carboxylic acids is 1. The molecule has 0 unspecified atom stereocenters. The van der Waals surface area contributed by atoms with Crippen LogP contribution in [0.15, 0.2) is 65.6 Å². The maximum absolute atomic E-state index is 12.7. The number of rotatable bonds is 9. The first-order chi connectivity index (χ1) is 15.8. The Kier molecular flexibility index (Phi) is 7.29. The van der Waals surface area contributed by atoms with E-state index in [-0.39, 0.29) is 10.5 Å². The Labute approximate surface area is 192 Å². The molecule has 0 saturated carbocycles. The zero-order chi connectivity index (χ0) is 24.0. The van der Waals surface area contributed by atoms with E-state index in [4.69, 9.17) is 18.9 Å². The molecule has 10 heteroatoms. The Balaban J connectivity index is 1.75. The first-order valence-corrected chi connectivity index (χ1v) is 11.2. The minimum Gasteiger partial charge on any atom is -0.497 e. The van der Waals surface area contributed by atoms with Gasteiger partial charge in [0.2, 0.25) is 5.75 Å². The van der Waals surface area contributed by atoms with Crippen LogP contribution in [0, 0.1) is 0 Å². The predicted molar refractivity (Wildman–Crippen MR) is 124 cm³/mol. The molecule has 0 atom stereocenters. The van der Waals surface area contributed by atoms with Gasteiger partial charge in [0.1, 0.15) is 5.75 Å². The van der Waals surface area contributed by atoms with E-state index >= 15 is 0 Å². The van der Waals surface area contributed by atoms with Crippen LogP contribution in [0.2, 0.25) is 0 Å². The van der Waals surface area contributed by atoms with Gasteiger partial charge in [0.05, 0.1) is 33.3 Å². The van der Waals surface area contributed by atoms with Crippen molar-refractivity contribution in [1.82, 2.24) is 0 Å². The highest BCUT2D eigenvalue weighted by Gasteiger charge is 2.18. The third kappa shape index (κ3) is 5.47. The van der Waals surface area contributed by atoms with Crippen LogP contribution >= 0.6 is 0 Å². The number of carbonyl (C=O) groups is 1. The molecule has 0 aromatic heterocycles. The fourth-order valence-electron chi connectivity index (χ4n) is 3.01. The number of anilines is 2. The third-order valence-corrected chi connectivity index (χ3v) is 6.09. The summed E-state index contributed by atoms with van der Waals surface area (Å²) >= 11 is 0. The van der Waals surface area contributed by atoms with E-state index in [1.807, 2.05) is 0 Å². The first-order valence-electron chi connectivity index (χ1n) is 9.69. The normalized spacial score (nSPS) is 10.8. The summed E-state index contributed by atoms with van der Waals surface area (Å²) in [4.78, 5) is 12.8. The van der Waals surface area contributed by atoms with Gasteiger partial charge in [-0.1, -0.05) is 0 Å². The summed E-state index contributed by atoms with van der Waals surface area (Å²) in [6.45, 7) is 0. The molecule has 0 fully saturated rings. The summed E-state index contributed by atoms with van der Waals surface area (Å²) in [7, 11) is 2.11. The van der Waals surface area contributed by atoms with Gasteiger partial charge in [-0.25, -0.2) is 8.42 Å². The van der Waals surface area contributed by atoms with Crippen LogP contribution in [0.25, 0.3) is 0 Å². The zero-order valence-corrected chi connectivity index (χ0v) is 19.4. The molecule has 33 heavy (non-hydrogen) atoms. The molecule has 3 rings (SSSR count). The Hall–Kier alpha value is -3.92. The molecule has 174 valence electrons. The minimum absolute atomic E-state index is 0.0455. The molecular weight excluding hydrogens is 448 g/mol. The van der Waals surface area contributed by atoms with Crippen molar-refractivity contribution in [3.8, 4) is 23.0 Å². The highest BCUT2D eigenvalue weighted by atomic mass is 32.2. The quantitative estimate of drug-likeness (QED) is 0.487. The third-order valence-electron chi connectivity index (χ3n) is 4.69. The maximum Gasteiger partial charge on any atom is 0.261 e. The molecule has 0 saturated heterocycles. The van der Waals surface area contributed by atoms with Crippen molar-refractivity contribution in [2.45, 2.75) is 4.90 Å². The monoisotopic (exact) mass is 472 g/mol. The fraction of sp³-hybridized carbons (Fsp3) is 0.174. The van der Waals surface area contributed by atoms with Crippen molar-refractivity contribution < 1.29 is 32.2 Å². The molecule has 0 spiro atoms. The predicted octanol–water partition coefficient (Wildman–Crippen LogP) is 3.77. The average Bonchev–Trinajstić information content (AvgIpc) is 2.83. The van der Waals surface area contributed by atoms with E-state index in [2.05, 4.69) is 10.0 Å². The average molecular weight is 473 g/mol. The summed E-state index contributed by atoms with van der Waals surface area (Å²) in [5, 5.41) is 2.72. The molecule has 0 bridgehead atoms. The van der Waals surface area contributed by atoms with Gasteiger partial charge in [-0.15, -0.1) is 0 Å². The van der Waals surface area contributed by atoms with Crippen molar-refractivity contribution >= 4 is 27.3 Å². The second kappa shape index (κ2) is 10.1. The number of hydrogen-bond donors (Lipinski definition) is 2. The number of methoxy groups -OCH3 is 4. The van der Waals surface area contributed by atoms with Crippen LogP contribution in [0.1, 0.15) is 10.4 Å². The number of hydrogen-bond acceptors (Lipinski definition) is 7. The first kappa shape index (κ1) is 23.7. The smallest absolute Gasteiger partial charge is 0.261 e. The Morgan fingerprint density at radius 2 is 1.27 bits per heavy atom. The van der Waals surface area contributed by atoms with Gasteiger partial charge in [0, 0.05) is 16.9 Å². The van der Waals surface area contributed by atoms with E-state index in [1.54, 1.807) is 24.3 Å². The molecule has 3 aromatic carbocycles. The standard InChI is InChI=1S/C23H24N2O7S/c1-29-18-9-5-17(6-10-18)25-33(27,28)19-11-7-16(8-12-19)24-23(26)15-13-20(30-2)22(32-4)21(14-15)31-3/h5-14,25H,1-4H3,(H,24,26). The number of amides is 1. The summed E-state index contributed by atoms with van der Waals surface area (Å²) < 4.78 is 48.6. The lowest BCUT2D eigenvalue weighted by molar-refractivity contribution is 0.102. The van der Waals surface area contributed by atoms with Gasteiger partial charge >= 0.3 is 0 Å². The van der Waals surface area contributed by atoms with Crippen molar-refractivity contribution in [2.75, 3.05) is 38.5 Å². The molecule has 1 amide bonds. The zero-order valence-electron chi connectivity index (χ0n) is 18.5. The van der Waals surface area contributed by atoms with E-state index < -0.39 is 15.9 Å². The summed E-state index contributed by atoms with van der Waals surface area (Å²) in [5.41, 5.74) is 1.09. The Morgan fingerprint density at radius 3 is 1.76 bits per heavy atom. The van der Waals surface area contributed by atoms with Crippen molar-refractivity contribution in [3.63, 3.8) is 0 Å². The highest BCUT2D eigenvalue weighted by Crippen LogP contribution is 2.38. The van der Waals surface area contributed by atoms with Crippen LogP contribution in [0.5, 0.6) is 23.0 Å². The Morgan fingerprint density at radius 1 is 0.727 bits per heavy atom. The lowest BCUT2D eigenvalue weighted by Crippen LogP contribution is -2.14. The number of sulfonamides is 1. The van der Waals surface area contributed by atoms with Crippen molar-refractivity contribution in [1.29, 1.82) is 0 Å². The van der Waals surface area contributed by atoms with Crippen molar-refractivity contribution in [2.24, 2.45) is 0 Å². The lowest BCUT2D eigenvalue weighted by Gasteiger charge is -2.14. The molecule has 0 aliphatic heterocycles. The van der Waals surface area contributed by atoms with Crippen LogP contribution in [0.3, 0.4) is 0 Å².